The van der Waals surface area contributed by atoms with Gasteiger partial charge >= 0.3 is 0 Å². The predicted octanol–water partition coefficient (Wildman–Crippen LogP) is 5.13. The Labute approximate surface area is 156 Å². The minimum absolute atomic E-state index is 0.301. The Balaban J connectivity index is 1.61. The molecule has 1 aromatic carbocycles. The quantitative estimate of drug-likeness (QED) is 0.512. The van der Waals surface area contributed by atoms with E-state index in [2.05, 4.69) is 15.0 Å². The number of aromatic amines is 1. The van der Waals surface area contributed by atoms with Crippen LogP contribution in [0, 0.1) is 24.6 Å². The van der Waals surface area contributed by atoms with Crippen LogP contribution in [0.2, 0.25) is 0 Å². The number of H-pyrrole nitrogens is 1. The van der Waals surface area contributed by atoms with E-state index >= 15 is 0 Å². The van der Waals surface area contributed by atoms with Gasteiger partial charge in [0.2, 0.25) is 5.95 Å². The molecule has 0 aliphatic rings. The fraction of sp³-hybridized carbons (Fsp3) is 0.136. The summed E-state index contributed by atoms with van der Waals surface area (Å²) in [7, 11) is 0. The maximum atomic E-state index is 14.7. The Bertz CT molecular complexity index is 1100. The molecule has 0 saturated heterocycles. The SMILES string of the molecule is C[C](c1ccc(F)cc1)c1ccc(Cc2c[nH]c3ncc(C)cc23)c(F)n1. The first-order valence-electron chi connectivity index (χ1n) is 8.69. The van der Waals surface area contributed by atoms with E-state index in [9.17, 15) is 8.78 Å². The van der Waals surface area contributed by atoms with E-state index < -0.39 is 5.95 Å². The lowest BCUT2D eigenvalue weighted by Crippen LogP contribution is -2.04. The molecule has 5 heteroatoms. The third-order valence-corrected chi connectivity index (χ3v) is 4.72. The molecule has 0 saturated carbocycles. The van der Waals surface area contributed by atoms with Crippen molar-refractivity contribution in [3.63, 3.8) is 0 Å². The highest BCUT2D eigenvalue weighted by atomic mass is 19.1. The molecular formula is C22H18F2N3. The van der Waals surface area contributed by atoms with Gasteiger partial charge in [-0.25, -0.2) is 14.4 Å². The zero-order chi connectivity index (χ0) is 19.0. The molecule has 4 aromatic rings. The maximum Gasteiger partial charge on any atom is 0.216 e. The van der Waals surface area contributed by atoms with Crippen molar-refractivity contribution >= 4 is 11.0 Å². The molecule has 3 heterocycles. The Kier molecular flexibility index (Phi) is 4.44. The highest BCUT2D eigenvalue weighted by Gasteiger charge is 2.15. The molecule has 0 aliphatic heterocycles. The molecule has 0 aliphatic carbocycles. The van der Waals surface area contributed by atoms with Gasteiger partial charge in [-0.3, -0.25) is 0 Å². The van der Waals surface area contributed by atoms with Crippen LogP contribution in [0.4, 0.5) is 8.78 Å². The van der Waals surface area contributed by atoms with Crippen LogP contribution in [0.1, 0.15) is 34.9 Å². The van der Waals surface area contributed by atoms with Gasteiger partial charge in [-0.15, -0.1) is 0 Å². The van der Waals surface area contributed by atoms with Gasteiger partial charge in [-0.2, -0.15) is 4.39 Å². The number of aryl methyl sites for hydroxylation is 1. The minimum Gasteiger partial charge on any atom is -0.346 e. The average molecular weight is 362 g/mol. The number of hydrogen-bond acceptors (Lipinski definition) is 2. The molecule has 0 amide bonds. The van der Waals surface area contributed by atoms with E-state index in [4.69, 9.17) is 0 Å². The van der Waals surface area contributed by atoms with E-state index in [0.717, 1.165) is 33.6 Å². The first kappa shape index (κ1) is 17.3. The summed E-state index contributed by atoms with van der Waals surface area (Å²) in [5.41, 5.74) is 4.71. The van der Waals surface area contributed by atoms with E-state index in [1.807, 2.05) is 26.1 Å². The molecule has 1 radical (unpaired) electrons. The third-order valence-electron chi connectivity index (χ3n) is 4.72. The first-order valence-corrected chi connectivity index (χ1v) is 8.69. The summed E-state index contributed by atoms with van der Waals surface area (Å²) in [6.07, 6.45) is 4.09. The van der Waals surface area contributed by atoms with Crippen molar-refractivity contribution < 1.29 is 8.78 Å². The summed E-state index contributed by atoms with van der Waals surface area (Å²) in [5.74, 6) is 0.000728. The highest BCUT2D eigenvalue weighted by Crippen LogP contribution is 2.25. The van der Waals surface area contributed by atoms with E-state index in [1.165, 1.54) is 12.1 Å². The van der Waals surface area contributed by atoms with Crippen molar-refractivity contribution in [2.45, 2.75) is 20.3 Å². The Morgan fingerprint density at radius 1 is 1.04 bits per heavy atom. The fourth-order valence-corrected chi connectivity index (χ4v) is 3.17. The summed E-state index contributed by atoms with van der Waals surface area (Å²) >= 11 is 0. The molecule has 1 N–H and O–H groups in total. The van der Waals surface area contributed by atoms with Crippen molar-refractivity contribution in [2.75, 3.05) is 0 Å². The maximum absolute atomic E-state index is 14.7. The van der Waals surface area contributed by atoms with E-state index in [-0.39, 0.29) is 5.82 Å². The van der Waals surface area contributed by atoms with Gasteiger partial charge in [-0.05, 0) is 54.8 Å². The third kappa shape index (κ3) is 3.45. The minimum atomic E-state index is -0.496. The molecule has 0 spiro atoms. The molecule has 27 heavy (non-hydrogen) atoms. The summed E-state index contributed by atoms with van der Waals surface area (Å²) in [4.78, 5) is 11.6. The summed E-state index contributed by atoms with van der Waals surface area (Å²) < 4.78 is 27.7. The van der Waals surface area contributed by atoms with Gasteiger partial charge in [-0.1, -0.05) is 18.2 Å². The van der Waals surface area contributed by atoms with Crippen LogP contribution in [0.25, 0.3) is 11.0 Å². The predicted molar refractivity (Wildman–Crippen MR) is 101 cm³/mol. The second-order valence-corrected chi connectivity index (χ2v) is 6.68. The number of hydrogen-bond donors (Lipinski definition) is 1. The Morgan fingerprint density at radius 3 is 2.56 bits per heavy atom. The van der Waals surface area contributed by atoms with E-state index in [1.54, 1.807) is 30.5 Å². The second-order valence-electron chi connectivity index (χ2n) is 6.68. The summed E-state index contributed by atoms with van der Waals surface area (Å²) in [6, 6.07) is 11.7. The normalized spacial score (nSPS) is 11.4. The number of pyridine rings is 2. The molecule has 3 nitrogen and oxygen atoms in total. The number of fused-ring (bicyclic) bond motifs is 1. The number of rotatable bonds is 4. The number of halogens is 2. The zero-order valence-corrected chi connectivity index (χ0v) is 15.1. The monoisotopic (exact) mass is 362 g/mol. The second kappa shape index (κ2) is 6.91. The molecule has 4 rings (SSSR count). The van der Waals surface area contributed by atoms with Crippen molar-refractivity contribution in [3.05, 3.63) is 100 Å². The topological polar surface area (TPSA) is 41.6 Å². The summed E-state index contributed by atoms with van der Waals surface area (Å²) in [5, 5.41) is 0.993. The zero-order valence-electron chi connectivity index (χ0n) is 15.1. The van der Waals surface area contributed by atoms with Crippen LogP contribution in [-0.4, -0.2) is 15.0 Å². The largest absolute Gasteiger partial charge is 0.346 e. The van der Waals surface area contributed by atoms with E-state index in [0.29, 0.717) is 17.7 Å². The van der Waals surface area contributed by atoms with Crippen LogP contribution in [0.15, 0.2) is 54.9 Å². The van der Waals surface area contributed by atoms with Crippen LogP contribution < -0.4 is 0 Å². The van der Waals surface area contributed by atoms with Gasteiger partial charge < -0.3 is 4.98 Å². The van der Waals surface area contributed by atoms with Crippen molar-refractivity contribution in [1.29, 1.82) is 0 Å². The molecule has 0 unspecified atom stereocenters. The Hall–Kier alpha value is -3.08. The van der Waals surface area contributed by atoms with Crippen molar-refractivity contribution in [3.8, 4) is 0 Å². The number of benzene rings is 1. The smallest absolute Gasteiger partial charge is 0.216 e. The lowest BCUT2D eigenvalue weighted by atomic mass is 9.96. The van der Waals surface area contributed by atoms with Crippen LogP contribution in [-0.2, 0) is 6.42 Å². The first-order chi connectivity index (χ1) is 13.0. The van der Waals surface area contributed by atoms with Gasteiger partial charge in [0.25, 0.3) is 0 Å². The molecule has 0 atom stereocenters. The molecule has 135 valence electrons. The molecule has 0 bridgehead atoms. The fourth-order valence-electron chi connectivity index (χ4n) is 3.17. The van der Waals surface area contributed by atoms with Gasteiger partial charge in [0.1, 0.15) is 11.5 Å². The standard InChI is InChI=1S/C22H18F2N3/c1-13-9-19-17(12-26-22(19)25-11-13)10-16-5-8-20(27-21(16)24)14(2)15-3-6-18(23)7-4-15/h3-9,11-12H,10H2,1-2H3,(H,25,26). The summed E-state index contributed by atoms with van der Waals surface area (Å²) in [6.45, 7) is 3.83. The number of nitrogens with one attached hydrogen (secondary N) is 1. The lowest BCUT2D eigenvalue weighted by molar-refractivity contribution is 0.566. The molecule has 0 fully saturated rings. The van der Waals surface area contributed by atoms with Crippen LogP contribution in [0.3, 0.4) is 0 Å². The number of nitrogens with zero attached hydrogens (tertiary/aromatic N) is 2. The van der Waals surface area contributed by atoms with Crippen molar-refractivity contribution in [1.82, 2.24) is 15.0 Å². The van der Waals surface area contributed by atoms with Gasteiger partial charge in [0, 0.05) is 35.7 Å². The molecule has 3 aromatic heterocycles. The van der Waals surface area contributed by atoms with Gasteiger partial charge in [0.05, 0.1) is 5.69 Å². The Morgan fingerprint density at radius 2 is 1.81 bits per heavy atom. The van der Waals surface area contributed by atoms with Crippen molar-refractivity contribution in [2.24, 2.45) is 0 Å². The average Bonchev–Trinajstić information content (AvgIpc) is 3.05. The van der Waals surface area contributed by atoms with Crippen LogP contribution >= 0.6 is 0 Å². The number of aromatic nitrogens is 3. The van der Waals surface area contributed by atoms with Gasteiger partial charge in [0.15, 0.2) is 0 Å². The lowest BCUT2D eigenvalue weighted by Gasteiger charge is -2.12. The highest BCUT2D eigenvalue weighted by molar-refractivity contribution is 5.80. The van der Waals surface area contributed by atoms with Crippen LogP contribution in [0.5, 0.6) is 0 Å². The molecular weight excluding hydrogens is 344 g/mol.